The number of nitrogen functional groups attached to an aromatic ring is 1. The van der Waals surface area contributed by atoms with Crippen molar-refractivity contribution >= 4 is 27.3 Å². The Hall–Kier alpha value is -1.48. The second kappa shape index (κ2) is 5.91. The zero-order valence-electron chi connectivity index (χ0n) is 10.4. The van der Waals surface area contributed by atoms with Gasteiger partial charge in [0.25, 0.3) is 0 Å². The summed E-state index contributed by atoms with van der Waals surface area (Å²) in [5.74, 6) is 0. The summed E-state index contributed by atoms with van der Waals surface area (Å²) in [6.07, 6.45) is 0.986. The van der Waals surface area contributed by atoms with Crippen molar-refractivity contribution in [1.82, 2.24) is 0 Å². The van der Waals surface area contributed by atoms with Gasteiger partial charge >= 0.3 is 0 Å². The third-order valence-electron chi connectivity index (χ3n) is 2.98. The lowest BCUT2D eigenvalue weighted by atomic mass is 10.1. The van der Waals surface area contributed by atoms with Crippen LogP contribution in [0.2, 0.25) is 0 Å². The summed E-state index contributed by atoms with van der Waals surface area (Å²) in [7, 11) is 0. The number of benzene rings is 2. The molecule has 3 N–H and O–H groups in total. The van der Waals surface area contributed by atoms with E-state index in [9.17, 15) is 0 Å². The van der Waals surface area contributed by atoms with Crippen molar-refractivity contribution in [1.29, 1.82) is 0 Å². The first-order valence-electron chi connectivity index (χ1n) is 6.00. The molecule has 0 radical (unpaired) electrons. The molecule has 2 rings (SSSR count). The van der Waals surface area contributed by atoms with E-state index in [1.54, 1.807) is 0 Å². The van der Waals surface area contributed by atoms with Crippen molar-refractivity contribution in [2.24, 2.45) is 0 Å². The Morgan fingerprint density at radius 3 is 2.72 bits per heavy atom. The number of nitrogens with one attached hydrogen (secondary N) is 1. The van der Waals surface area contributed by atoms with Crippen LogP contribution >= 0.6 is 15.9 Å². The Morgan fingerprint density at radius 2 is 1.94 bits per heavy atom. The van der Waals surface area contributed by atoms with Gasteiger partial charge in [-0.3, -0.25) is 0 Å². The van der Waals surface area contributed by atoms with Crippen LogP contribution in [0.3, 0.4) is 0 Å². The lowest BCUT2D eigenvalue weighted by Gasteiger charge is -2.10. The van der Waals surface area contributed by atoms with Crippen LogP contribution in [0.25, 0.3) is 0 Å². The molecule has 0 fully saturated rings. The highest BCUT2D eigenvalue weighted by Crippen LogP contribution is 2.19. The van der Waals surface area contributed by atoms with Gasteiger partial charge in [-0.2, -0.15) is 0 Å². The normalized spacial score (nSPS) is 10.3. The fourth-order valence-corrected chi connectivity index (χ4v) is 2.31. The Kier molecular flexibility index (Phi) is 4.26. The maximum absolute atomic E-state index is 5.88. The second-order valence-electron chi connectivity index (χ2n) is 4.33. The summed E-state index contributed by atoms with van der Waals surface area (Å²) in [5, 5.41) is 3.37. The number of para-hydroxylation sites is 2. The summed E-state index contributed by atoms with van der Waals surface area (Å²) in [4.78, 5) is 0. The SMILES string of the molecule is Cc1ccc(Br)cc1CCNc1ccccc1N. The first-order valence-corrected chi connectivity index (χ1v) is 6.79. The number of anilines is 2. The Bertz CT molecular complexity index is 538. The van der Waals surface area contributed by atoms with E-state index >= 15 is 0 Å². The zero-order chi connectivity index (χ0) is 13.0. The monoisotopic (exact) mass is 304 g/mol. The van der Waals surface area contributed by atoms with Gasteiger partial charge in [-0.05, 0) is 48.7 Å². The van der Waals surface area contributed by atoms with Gasteiger partial charge in [-0.1, -0.05) is 34.1 Å². The molecule has 0 amide bonds. The van der Waals surface area contributed by atoms with Gasteiger partial charge in [-0.15, -0.1) is 0 Å². The number of rotatable bonds is 4. The van der Waals surface area contributed by atoms with Gasteiger partial charge in [0.1, 0.15) is 0 Å². The highest BCUT2D eigenvalue weighted by Gasteiger charge is 2.00. The summed E-state index contributed by atoms with van der Waals surface area (Å²) in [6.45, 7) is 3.02. The zero-order valence-corrected chi connectivity index (χ0v) is 12.0. The maximum Gasteiger partial charge on any atom is 0.0574 e. The standard InChI is InChI=1S/C15H17BrN2/c1-11-6-7-13(16)10-12(11)8-9-18-15-5-3-2-4-14(15)17/h2-7,10,18H,8-9,17H2,1H3. The Labute approximate surface area is 116 Å². The minimum Gasteiger partial charge on any atom is -0.397 e. The number of halogens is 1. The smallest absolute Gasteiger partial charge is 0.0574 e. The van der Waals surface area contributed by atoms with Crippen LogP contribution < -0.4 is 11.1 Å². The van der Waals surface area contributed by atoms with Gasteiger partial charge in [-0.25, -0.2) is 0 Å². The van der Waals surface area contributed by atoms with Gasteiger partial charge in [0.2, 0.25) is 0 Å². The van der Waals surface area contributed by atoms with E-state index in [1.807, 2.05) is 24.3 Å². The van der Waals surface area contributed by atoms with Crippen LogP contribution in [0.1, 0.15) is 11.1 Å². The molecule has 3 heteroatoms. The maximum atomic E-state index is 5.88. The molecule has 0 spiro atoms. The molecule has 2 aromatic rings. The fraction of sp³-hybridized carbons (Fsp3) is 0.200. The van der Waals surface area contributed by atoms with Crippen molar-refractivity contribution in [2.75, 3.05) is 17.6 Å². The third kappa shape index (κ3) is 3.26. The number of hydrogen-bond donors (Lipinski definition) is 2. The van der Waals surface area contributed by atoms with Crippen molar-refractivity contribution in [2.45, 2.75) is 13.3 Å². The van der Waals surface area contributed by atoms with Crippen molar-refractivity contribution < 1.29 is 0 Å². The van der Waals surface area contributed by atoms with Gasteiger partial charge in [0, 0.05) is 11.0 Å². The topological polar surface area (TPSA) is 38.0 Å². The number of aryl methyl sites for hydroxylation is 1. The number of nitrogens with two attached hydrogens (primary N) is 1. The highest BCUT2D eigenvalue weighted by molar-refractivity contribution is 9.10. The minimum absolute atomic E-state index is 0.795. The molecule has 0 bridgehead atoms. The van der Waals surface area contributed by atoms with Crippen molar-refractivity contribution in [3.8, 4) is 0 Å². The Balaban J connectivity index is 1.96. The van der Waals surface area contributed by atoms with Crippen LogP contribution in [0.5, 0.6) is 0 Å². The van der Waals surface area contributed by atoms with E-state index < -0.39 is 0 Å². The number of hydrogen-bond acceptors (Lipinski definition) is 2. The second-order valence-corrected chi connectivity index (χ2v) is 5.25. The first-order chi connectivity index (χ1) is 8.66. The molecule has 0 saturated carbocycles. The molecule has 2 aromatic carbocycles. The van der Waals surface area contributed by atoms with E-state index in [2.05, 4.69) is 46.4 Å². The van der Waals surface area contributed by atoms with E-state index in [0.717, 1.165) is 28.8 Å². The average molecular weight is 305 g/mol. The molecular formula is C15H17BrN2. The largest absolute Gasteiger partial charge is 0.397 e. The van der Waals surface area contributed by atoms with E-state index in [4.69, 9.17) is 5.73 Å². The predicted octanol–water partition coefficient (Wildman–Crippen LogP) is 3.99. The Morgan fingerprint density at radius 1 is 1.17 bits per heavy atom. The lowest BCUT2D eigenvalue weighted by molar-refractivity contribution is 1.00. The van der Waals surface area contributed by atoms with E-state index in [-0.39, 0.29) is 0 Å². The van der Waals surface area contributed by atoms with Crippen molar-refractivity contribution in [3.63, 3.8) is 0 Å². The molecule has 0 aliphatic rings. The molecule has 0 atom stereocenters. The van der Waals surface area contributed by atoms with E-state index in [1.165, 1.54) is 11.1 Å². The van der Waals surface area contributed by atoms with Crippen LogP contribution in [0, 0.1) is 6.92 Å². The molecule has 0 unspecified atom stereocenters. The van der Waals surface area contributed by atoms with Crippen molar-refractivity contribution in [3.05, 3.63) is 58.1 Å². The predicted molar refractivity (Wildman–Crippen MR) is 81.9 cm³/mol. The molecule has 0 aliphatic heterocycles. The summed E-state index contributed by atoms with van der Waals surface area (Å²) in [5.41, 5.74) is 10.4. The van der Waals surface area contributed by atoms with E-state index in [0.29, 0.717) is 0 Å². The van der Waals surface area contributed by atoms with Crippen LogP contribution in [-0.4, -0.2) is 6.54 Å². The minimum atomic E-state index is 0.795. The van der Waals surface area contributed by atoms with Crippen LogP contribution in [-0.2, 0) is 6.42 Å². The third-order valence-corrected chi connectivity index (χ3v) is 3.48. The van der Waals surface area contributed by atoms with Gasteiger partial charge in [0.05, 0.1) is 11.4 Å². The lowest BCUT2D eigenvalue weighted by Crippen LogP contribution is -2.07. The summed E-state index contributed by atoms with van der Waals surface area (Å²) < 4.78 is 1.13. The first kappa shape index (κ1) is 13.0. The van der Waals surface area contributed by atoms with Gasteiger partial charge < -0.3 is 11.1 Å². The molecule has 0 aliphatic carbocycles. The molecule has 2 nitrogen and oxygen atoms in total. The van der Waals surface area contributed by atoms with Crippen LogP contribution in [0.15, 0.2) is 46.9 Å². The molecule has 0 heterocycles. The fourth-order valence-electron chi connectivity index (χ4n) is 1.90. The van der Waals surface area contributed by atoms with Gasteiger partial charge in [0.15, 0.2) is 0 Å². The van der Waals surface area contributed by atoms with Crippen LogP contribution in [0.4, 0.5) is 11.4 Å². The molecule has 94 valence electrons. The molecule has 0 aromatic heterocycles. The molecule has 0 saturated heterocycles. The molecular weight excluding hydrogens is 288 g/mol. The average Bonchev–Trinajstić information content (AvgIpc) is 2.36. The quantitative estimate of drug-likeness (QED) is 0.838. The molecule has 18 heavy (non-hydrogen) atoms. The highest BCUT2D eigenvalue weighted by atomic mass is 79.9. The summed E-state index contributed by atoms with van der Waals surface area (Å²) in [6, 6.07) is 14.2. The summed E-state index contributed by atoms with van der Waals surface area (Å²) >= 11 is 3.50.